The van der Waals surface area contributed by atoms with Gasteiger partial charge in [-0.2, -0.15) is 0 Å². The SMILES string of the molecule is Nc1ccc(OC(=O)N2CCNCC2)cn1. The fourth-order valence-electron chi connectivity index (χ4n) is 1.46. The first-order valence-electron chi connectivity index (χ1n) is 5.15. The molecule has 6 heteroatoms. The molecule has 0 saturated carbocycles. The first kappa shape index (κ1) is 10.7. The lowest BCUT2D eigenvalue weighted by Gasteiger charge is -2.26. The van der Waals surface area contributed by atoms with E-state index in [-0.39, 0.29) is 6.09 Å². The monoisotopic (exact) mass is 222 g/mol. The molecule has 0 spiro atoms. The van der Waals surface area contributed by atoms with Gasteiger partial charge in [-0.05, 0) is 12.1 Å². The predicted molar refractivity (Wildman–Crippen MR) is 59.1 cm³/mol. The third kappa shape index (κ3) is 2.60. The average Bonchev–Trinajstić information content (AvgIpc) is 2.33. The lowest BCUT2D eigenvalue weighted by molar-refractivity contribution is 0.145. The second-order valence-corrected chi connectivity index (χ2v) is 3.52. The van der Waals surface area contributed by atoms with Crippen molar-refractivity contribution < 1.29 is 9.53 Å². The van der Waals surface area contributed by atoms with Crippen molar-refractivity contribution in [3.8, 4) is 5.75 Å². The van der Waals surface area contributed by atoms with Gasteiger partial charge in [0.1, 0.15) is 5.82 Å². The number of nitrogens with two attached hydrogens (primary N) is 1. The molecule has 86 valence electrons. The molecule has 0 radical (unpaired) electrons. The molecule has 0 atom stereocenters. The van der Waals surface area contributed by atoms with Crippen LogP contribution in [-0.2, 0) is 0 Å². The summed E-state index contributed by atoms with van der Waals surface area (Å²) in [6.45, 7) is 2.94. The standard InChI is InChI=1S/C10H14N4O2/c11-9-2-1-8(7-13-9)16-10(15)14-5-3-12-4-6-14/h1-2,7,12H,3-6H2,(H2,11,13). The Morgan fingerprint density at radius 3 is 2.81 bits per heavy atom. The molecule has 1 amide bonds. The van der Waals surface area contributed by atoms with Crippen molar-refractivity contribution in [3.63, 3.8) is 0 Å². The molecular formula is C10H14N4O2. The largest absolute Gasteiger partial charge is 0.415 e. The van der Waals surface area contributed by atoms with Crippen molar-refractivity contribution in [2.45, 2.75) is 0 Å². The molecule has 1 aliphatic heterocycles. The smallest absolute Gasteiger partial charge is 0.409 e. The number of nitrogens with one attached hydrogen (secondary N) is 1. The van der Waals surface area contributed by atoms with Crippen LogP contribution in [0.25, 0.3) is 0 Å². The summed E-state index contributed by atoms with van der Waals surface area (Å²) in [7, 11) is 0. The lowest BCUT2D eigenvalue weighted by Crippen LogP contribution is -2.47. The number of anilines is 1. The Morgan fingerprint density at radius 1 is 1.44 bits per heavy atom. The maximum atomic E-state index is 11.7. The Balaban J connectivity index is 1.93. The van der Waals surface area contributed by atoms with E-state index in [1.165, 1.54) is 6.20 Å². The molecule has 1 fully saturated rings. The van der Waals surface area contributed by atoms with E-state index in [0.717, 1.165) is 13.1 Å². The van der Waals surface area contributed by atoms with Crippen LogP contribution in [0.3, 0.4) is 0 Å². The summed E-state index contributed by atoms with van der Waals surface area (Å²) in [6.07, 6.45) is 1.10. The number of ether oxygens (including phenoxy) is 1. The molecule has 16 heavy (non-hydrogen) atoms. The van der Waals surface area contributed by atoms with E-state index in [9.17, 15) is 4.79 Å². The number of carbonyl (C=O) groups excluding carboxylic acids is 1. The van der Waals surface area contributed by atoms with Crippen molar-refractivity contribution in [3.05, 3.63) is 18.3 Å². The molecule has 1 aliphatic rings. The van der Waals surface area contributed by atoms with Crippen LogP contribution in [0.15, 0.2) is 18.3 Å². The molecule has 0 bridgehead atoms. The van der Waals surface area contributed by atoms with E-state index in [2.05, 4.69) is 10.3 Å². The Bertz CT molecular complexity index is 360. The van der Waals surface area contributed by atoms with Crippen LogP contribution in [0.4, 0.5) is 10.6 Å². The van der Waals surface area contributed by atoms with Gasteiger partial charge in [0, 0.05) is 26.2 Å². The van der Waals surface area contributed by atoms with Crippen LogP contribution in [0.1, 0.15) is 0 Å². The highest BCUT2D eigenvalue weighted by molar-refractivity contribution is 5.70. The maximum Gasteiger partial charge on any atom is 0.415 e. The van der Waals surface area contributed by atoms with Crippen molar-refractivity contribution in [1.82, 2.24) is 15.2 Å². The summed E-state index contributed by atoms with van der Waals surface area (Å²) < 4.78 is 5.15. The average molecular weight is 222 g/mol. The van der Waals surface area contributed by atoms with Gasteiger partial charge in [0.2, 0.25) is 0 Å². The minimum Gasteiger partial charge on any atom is -0.409 e. The summed E-state index contributed by atoms with van der Waals surface area (Å²) in [6, 6.07) is 3.23. The van der Waals surface area contributed by atoms with Crippen LogP contribution in [0.5, 0.6) is 5.75 Å². The van der Waals surface area contributed by atoms with E-state index in [1.807, 2.05) is 0 Å². The van der Waals surface area contributed by atoms with Gasteiger partial charge in [-0.1, -0.05) is 0 Å². The molecule has 0 aromatic carbocycles. The number of piperazine rings is 1. The minimum atomic E-state index is -0.340. The van der Waals surface area contributed by atoms with E-state index >= 15 is 0 Å². The first-order valence-corrected chi connectivity index (χ1v) is 5.15. The van der Waals surface area contributed by atoms with Gasteiger partial charge in [0.25, 0.3) is 0 Å². The number of hydrogen-bond acceptors (Lipinski definition) is 5. The summed E-state index contributed by atoms with van der Waals surface area (Å²) >= 11 is 0. The first-order chi connectivity index (χ1) is 7.75. The normalized spacial score (nSPS) is 15.9. The Labute approximate surface area is 93.4 Å². The van der Waals surface area contributed by atoms with E-state index in [4.69, 9.17) is 10.5 Å². The van der Waals surface area contributed by atoms with E-state index in [1.54, 1.807) is 17.0 Å². The topological polar surface area (TPSA) is 80.5 Å². The Morgan fingerprint density at radius 2 is 2.19 bits per heavy atom. The number of nitrogen functional groups attached to an aromatic ring is 1. The highest BCUT2D eigenvalue weighted by Gasteiger charge is 2.17. The van der Waals surface area contributed by atoms with Crippen LogP contribution in [0, 0.1) is 0 Å². The number of nitrogens with zero attached hydrogens (tertiary/aromatic N) is 2. The molecule has 1 aromatic rings. The van der Waals surface area contributed by atoms with Gasteiger partial charge in [0.05, 0.1) is 6.20 Å². The summed E-state index contributed by atoms with van der Waals surface area (Å²) in [5.41, 5.74) is 5.43. The highest BCUT2D eigenvalue weighted by Crippen LogP contribution is 2.11. The third-order valence-electron chi connectivity index (χ3n) is 2.34. The van der Waals surface area contributed by atoms with E-state index < -0.39 is 0 Å². The number of aromatic nitrogens is 1. The second-order valence-electron chi connectivity index (χ2n) is 3.52. The fraction of sp³-hybridized carbons (Fsp3) is 0.400. The quantitative estimate of drug-likeness (QED) is 0.702. The number of amides is 1. The van der Waals surface area contributed by atoms with Gasteiger partial charge >= 0.3 is 6.09 Å². The van der Waals surface area contributed by atoms with Crippen LogP contribution in [0.2, 0.25) is 0 Å². The third-order valence-corrected chi connectivity index (χ3v) is 2.34. The molecule has 1 saturated heterocycles. The van der Waals surface area contributed by atoms with E-state index in [0.29, 0.717) is 24.7 Å². The lowest BCUT2D eigenvalue weighted by atomic mass is 10.4. The molecule has 1 aromatic heterocycles. The highest BCUT2D eigenvalue weighted by atomic mass is 16.6. The van der Waals surface area contributed by atoms with Crippen molar-refractivity contribution in [1.29, 1.82) is 0 Å². The predicted octanol–water partition coefficient (Wildman–Crippen LogP) is 0.0678. The number of pyridine rings is 1. The summed E-state index contributed by atoms with van der Waals surface area (Å²) in [4.78, 5) is 17.2. The summed E-state index contributed by atoms with van der Waals surface area (Å²) in [5, 5.41) is 3.16. The fourth-order valence-corrected chi connectivity index (χ4v) is 1.46. The number of carbonyl (C=O) groups is 1. The number of rotatable bonds is 1. The van der Waals surface area contributed by atoms with Crippen molar-refractivity contribution in [2.75, 3.05) is 31.9 Å². The van der Waals surface area contributed by atoms with Gasteiger partial charge in [0.15, 0.2) is 5.75 Å². The molecule has 0 aliphatic carbocycles. The number of hydrogen-bond donors (Lipinski definition) is 2. The van der Waals surface area contributed by atoms with Crippen LogP contribution >= 0.6 is 0 Å². The van der Waals surface area contributed by atoms with Gasteiger partial charge in [-0.15, -0.1) is 0 Å². The zero-order chi connectivity index (χ0) is 11.4. The Kier molecular flexibility index (Phi) is 3.21. The molecule has 2 heterocycles. The molecule has 6 nitrogen and oxygen atoms in total. The zero-order valence-electron chi connectivity index (χ0n) is 8.85. The minimum absolute atomic E-state index is 0.340. The summed E-state index contributed by atoms with van der Waals surface area (Å²) in [5.74, 6) is 0.819. The van der Waals surface area contributed by atoms with Gasteiger partial charge in [-0.25, -0.2) is 9.78 Å². The van der Waals surface area contributed by atoms with Gasteiger partial charge < -0.3 is 20.7 Å². The van der Waals surface area contributed by atoms with Crippen molar-refractivity contribution in [2.24, 2.45) is 0 Å². The second kappa shape index (κ2) is 4.80. The molecule has 0 unspecified atom stereocenters. The molecule has 3 N–H and O–H groups in total. The van der Waals surface area contributed by atoms with Crippen molar-refractivity contribution >= 4 is 11.9 Å². The van der Waals surface area contributed by atoms with Crippen LogP contribution < -0.4 is 15.8 Å². The molecule has 2 rings (SSSR count). The Hall–Kier alpha value is -1.82. The van der Waals surface area contributed by atoms with Crippen LogP contribution in [-0.4, -0.2) is 42.2 Å². The zero-order valence-corrected chi connectivity index (χ0v) is 8.85. The maximum absolute atomic E-state index is 11.7. The van der Waals surface area contributed by atoms with Gasteiger partial charge in [-0.3, -0.25) is 0 Å². The molecular weight excluding hydrogens is 208 g/mol.